The highest BCUT2D eigenvalue weighted by molar-refractivity contribution is 5.99. The molecule has 7 heteroatoms. The van der Waals surface area contributed by atoms with Crippen molar-refractivity contribution in [1.82, 2.24) is 15.5 Å². The molecule has 0 bridgehead atoms. The lowest BCUT2D eigenvalue weighted by atomic mass is 9.95. The van der Waals surface area contributed by atoms with Crippen LogP contribution in [0.3, 0.4) is 0 Å². The zero-order chi connectivity index (χ0) is 23.8. The Morgan fingerprint density at radius 1 is 0.970 bits per heavy atom. The molecule has 1 amide bonds. The lowest BCUT2D eigenvalue weighted by Crippen LogP contribution is -2.28. The van der Waals surface area contributed by atoms with Gasteiger partial charge in [-0.05, 0) is 42.8 Å². The van der Waals surface area contributed by atoms with Gasteiger partial charge in [0, 0.05) is 28.5 Å². The fourth-order valence-corrected chi connectivity index (χ4v) is 3.35. The van der Waals surface area contributed by atoms with E-state index in [4.69, 9.17) is 9.15 Å². The Balaban J connectivity index is 1.44. The van der Waals surface area contributed by atoms with Gasteiger partial charge in [0.15, 0.2) is 5.78 Å². The van der Waals surface area contributed by atoms with Gasteiger partial charge in [0.05, 0.1) is 6.54 Å². The smallest absolute Gasteiger partial charge is 0.251 e. The van der Waals surface area contributed by atoms with Crippen molar-refractivity contribution < 1.29 is 18.7 Å². The van der Waals surface area contributed by atoms with E-state index >= 15 is 0 Å². The van der Waals surface area contributed by atoms with E-state index in [2.05, 4.69) is 22.4 Å². The molecular weight excluding hydrogens is 418 g/mol. The summed E-state index contributed by atoms with van der Waals surface area (Å²) in [4.78, 5) is 24.7. The van der Waals surface area contributed by atoms with Crippen LogP contribution >= 0.6 is 0 Å². The number of nitrogens with zero attached hydrogens (tertiary/aromatic N) is 2. The third-order valence-corrected chi connectivity index (χ3v) is 5.29. The second-order valence-corrected chi connectivity index (χ2v) is 8.36. The van der Waals surface area contributed by atoms with Gasteiger partial charge in [0.1, 0.15) is 12.4 Å². The maximum Gasteiger partial charge on any atom is 0.251 e. The van der Waals surface area contributed by atoms with Gasteiger partial charge < -0.3 is 14.5 Å². The van der Waals surface area contributed by atoms with E-state index in [1.165, 1.54) is 0 Å². The van der Waals surface area contributed by atoms with Gasteiger partial charge in [-0.15, -0.1) is 10.2 Å². The molecule has 7 nitrogen and oxygen atoms in total. The summed E-state index contributed by atoms with van der Waals surface area (Å²) in [6.07, 6.45) is 1.83. The number of ether oxygens (including phenoxy) is 1. The number of ketones is 1. The van der Waals surface area contributed by atoms with E-state index < -0.39 is 0 Å². The Hall–Kier alpha value is -3.48. The van der Waals surface area contributed by atoms with Crippen molar-refractivity contribution in [3.63, 3.8) is 0 Å². The molecule has 3 aromatic rings. The molecule has 1 heterocycles. The first-order valence-electron chi connectivity index (χ1n) is 11.4. The van der Waals surface area contributed by atoms with Crippen molar-refractivity contribution in [2.24, 2.45) is 5.92 Å². The molecule has 0 radical (unpaired) electrons. The highest BCUT2D eigenvalue weighted by Gasteiger charge is 2.15. The first-order chi connectivity index (χ1) is 15.9. The normalized spacial score (nSPS) is 11.9. The van der Waals surface area contributed by atoms with Gasteiger partial charge in [-0.2, -0.15) is 0 Å². The number of Topliss-reactive ketones (excluding diaryl/α,β-unsaturated/α-hetero) is 1. The summed E-state index contributed by atoms with van der Waals surface area (Å²) in [5, 5.41) is 10.9. The molecule has 1 unspecified atom stereocenters. The molecule has 1 aromatic heterocycles. The van der Waals surface area contributed by atoms with Crippen LogP contribution in [0, 0.1) is 5.92 Å². The van der Waals surface area contributed by atoms with E-state index in [0.717, 1.165) is 18.4 Å². The van der Waals surface area contributed by atoms with Gasteiger partial charge in [0.2, 0.25) is 11.8 Å². The molecule has 0 fully saturated rings. The highest BCUT2D eigenvalue weighted by Crippen LogP contribution is 2.23. The molecule has 0 saturated carbocycles. The van der Waals surface area contributed by atoms with Gasteiger partial charge in [-0.25, -0.2) is 0 Å². The van der Waals surface area contributed by atoms with Gasteiger partial charge >= 0.3 is 0 Å². The fourth-order valence-electron chi connectivity index (χ4n) is 3.35. The van der Waals surface area contributed by atoms with E-state index in [0.29, 0.717) is 41.8 Å². The molecule has 0 aliphatic rings. The highest BCUT2D eigenvalue weighted by atomic mass is 16.5. The number of benzene rings is 2. The summed E-state index contributed by atoms with van der Waals surface area (Å²) < 4.78 is 11.4. The Bertz CT molecular complexity index is 1060. The van der Waals surface area contributed by atoms with Crippen LogP contribution in [0.4, 0.5) is 0 Å². The van der Waals surface area contributed by atoms with Crippen molar-refractivity contribution in [2.45, 2.75) is 46.5 Å². The topological polar surface area (TPSA) is 94.3 Å². The summed E-state index contributed by atoms with van der Waals surface area (Å²) in [5.41, 5.74) is 1.97. The number of nitrogens with one attached hydrogen (secondary N) is 1. The zero-order valence-electron chi connectivity index (χ0n) is 19.6. The molecule has 174 valence electrons. The fraction of sp³-hybridized carbons (Fsp3) is 0.385. The van der Waals surface area contributed by atoms with Crippen LogP contribution in [-0.2, 0) is 0 Å². The summed E-state index contributed by atoms with van der Waals surface area (Å²) in [6, 6.07) is 14.2. The van der Waals surface area contributed by atoms with E-state index in [9.17, 15) is 9.59 Å². The number of aromatic nitrogens is 2. The maximum atomic E-state index is 12.4. The molecule has 1 N–H and O–H groups in total. The van der Waals surface area contributed by atoms with Crippen molar-refractivity contribution in [3.8, 4) is 17.2 Å². The van der Waals surface area contributed by atoms with Crippen LogP contribution in [0.1, 0.15) is 73.1 Å². The van der Waals surface area contributed by atoms with E-state index in [-0.39, 0.29) is 23.5 Å². The van der Waals surface area contributed by atoms with Crippen molar-refractivity contribution in [1.29, 1.82) is 0 Å². The molecule has 0 saturated heterocycles. The van der Waals surface area contributed by atoms with E-state index in [1.807, 2.05) is 45.0 Å². The molecule has 0 aliphatic carbocycles. The van der Waals surface area contributed by atoms with Gasteiger partial charge in [0.25, 0.3) is 5.91 Å². The molecule has 0 spiro atoms. The molecule has 0 aliphatic heterocycles. The maximum absolute atomic E-state index is 12.4. The second-order valence-electron chi connectivity index (χ2n) is 8.36. The third-order valence-electron chi connectivity index (χ3n) is 5.29. The van der Waals surface area contributed by atoms with Gasteiger partial charge in [-0.3, -0.25) is 9.59 Å². The molecule has 1 atom stereocenters. The van der Waals surface area contributed by atoms with Crippen molar-refractivity contribution in [3.05, 3.63) is 65.5 Å². The molecule has 3 rings (SSSR count). The van der Waals surface area contributed by atoms with Crippen LogP contribution in [0.25, 0.3) is 11.5 Å². The number of carbonyl (C=O) groups is 2. The minimum Gasteiger partial charge on any atom is -0.492 e. The monoisotopic (exact) mass is 449 g/mol. The number of rotatable bonds is 11. The summed E-state index contributed by atoms with van der Waals surface area (Å²) in [6.45, 7) is 8.68. The average Bonchev–Trinajstić information content (AvgIpc) is 3.33. The molecule has 2 aromatic carbocycles. The average molecular weight is 450 g/mol. The van der Waals surface area contributed by atoms with Crippen LogP contribution in [0.5, 0.6) is 5.75 Å². The minimum absolute atomic E-state index is 0.00888. The third kappa shape index (κ3) is 6.51. The molecular formula is C26H31N3O4. The van der Waals surface area contributed by atoms with E-state index in [1.54, 1.807) is 24.3 Å². The zero-order valence-corrected chi connectivity index (χ0v) is 19.6. The SMILES string of the molecule is CCCC(C)C(=O)c1ccc(C(=O)NCCOc2ccc(-c3nnc(C(C)C)o3)cc2)cc1. The predicted octanol–water partition coefficient (Wildman–Crippen LogP) is 5.29. The van der Waals surface area contributed by atoms with Crippen LogP contribution in [-0.4, -0.2) is 35.0 Å². The lowest BCUT2D eigenvalue weighted by molar-refractivity contribution is 0.0919. The second kappa shape index (κ2) is 11.4. The number of hydrogen-bond acceptors (Lipinski definition) is 6. The number of amides is 1. The van der Waals surface area contributed by atoms with Gasteiger partial charge in [-0.1, -0.05) is 46.2 Å². The first-order valence-corrected chi connectivity index (χ1v) is 11.4. The van der Waals surface area contributed by atoms with Crippen LogP contribution in [0.15, 0.2) is 52.9 Å². The van der Waals surface area contributed by atoms with Crippen molar-refractivity contribution in [2.75, 3.05) is 13.2 Å². The Morgan fingerprint density at radius 2 is 1.64 bits per heavy atom. The number of carbonyl (C=O) groups excluding carboxylic acids is 2. The minimum atomic E-state index is -0.202. The largest absolute Gasteiger partial charge is 0.492 e. The predicted molar refractivity (Wildman–Crippen MR) is 126 cm³/mol. The number of hydrogen-bond donors (Lipinski definition) is 1. The van der Waals surface area contributed by atoms with Crippen molar-refractivity contribution >= 4 is 11.7 Å². The standard InChI is InChI=1S/C26H31N3O4/c1-5-6-18(4)23(30)19-7-9-20(10-8-19)24(31)27-15-16-32-22-13-11-21(12-14-22)26-29-28-25(33-26)17(2)3/h7-14,17-18H,5-6,15-16H2,1-4H3,(H,27,31). The Kier molecular flexibility index (Phi) is 8.35. The lowest BCUT2D eigenvalue weighted by Gasteiger charge is -2.10. The Morgan fingerprint density at radius 3 is 2.24 bits per heavy atom. The summed E-state index contributed by atoms with van der Waals surface area (Å²) in [7, 11) is 0. The quantitative estimate of drug-likeness (QED) is 0.316. The first kappa shape index (κ1) is 24.2. The summed E-state index contributed by atoms with van der Waals surface area (Å²) >= 11 is 0. The summed E-state index contributed by atoms with van der Waals surface area (Å²) in [5.74, 6) is 1.85. The van der Waals surface area contributed by atoms with Crippen LogP contribution in [0.2, 0.25) is 0 Å². The Labute approximate surface area is 194 Å². The molecule has 33 heavy (non-hydrogen) atoms. The van der Waals surface area contributed by atoms with Crippen LogP contribution < -0.4 is 10.1 Å².